The number of hydrogen-bond donors (Lipinski definition) is 1. The van der Waals surface area contributed by atoms with Crippen molar-refractivity contribution in [2.75, 3.05) is 0 Å². The smallest absolute Gasteiger partial charge is 0.0602 e. The van der Waals surface area contributed by atoms with Crippen LogP contribution in [-0.4, -0.2) is 4.98 Å². The van der Waals surface area contributed by atoms with Crippen molar-refractivity contribution >= 4 is 11.3 Å². The molecule has 0 spiro atoms. The van der Waals surface area contributed by atoms with Gasteiger partial charge in [0.1, 0.15) is 0 Å². The molecule has 0 aromatic carbocycles. The topological polar surface area (TPSA) is 38.9 Å². The van der Waals surface area contributed by atoms with Gasteiger partial charge in [-0.3, -0.25) is 4.98 Å². The van der Waals surface area contributed by atoms with Gasteiger partial charge in [0.15, 0.2) is 0 Å². The highest BCUT2D eigenvalue weighted by Gasteiger charge is 2.11. The van der Waals surface area contributed by atoms with Gasteiger partial charge in [-0.25, -0.2) is 0 Å². The van der Waals surface area contributed by atoms with Crippen molar-refractivity contribution in [3.8, 4) is 0 Å². The number of nitrogens with zero attached hydrogens (tertiary/aromatic N) is 1. The average molecular weight is 246 g/mol. The minimum atomic E-state index is 0.0473. The van der Waals surface area contributed by atoms with E-state index < -0.39 is 0 Å². The van der Waals surface area contributed by atoms with E-state index in [2.05, 4.69) is 34.8 Å². The van der Waals surface area contributed by atoms with Gasteiger partial charge in [-0.2, -0.15) is 11.3 Å². The van der Waals surface area contributed by atoms with E-state index in [0.717, 1.165) is 25.0 Å². The van der Waals surface area contributed by atoms with Gasteiger partial charge in [-0.1, -0.05) is 13.0 Å². The number of hydrogen-bond acceptors (Lipinski definition) is 3. The number of nitrogens with two attached hydrogens (primary N) is 1. The molecule has 0 aliphatic carbocycles. The first-order valence-electron chi connectivity index (χ1n) is 6.01. The van der Waals surface area contributed by atoms with E-state index in [0.29, 0.717) is 0 Å². The molecule has 0 bridgehead atoms. The average Bonchev–Trinajstić information content (AvgIpc) is 2.89. The summed E-state index contributed by atoms with van der Waals surface area (Å²) in [6.45, 7) is 2.14. The zero-order valence-corrected chi connectivity index (χ0v) is 10.9. The molecule has 3 heteroatoms. The first kappa shape index (κ1) is 12.3. The van der Waals surface area contributed by atoms with E-state index in [1.54, 1.807) is 11.3 Å². The summed E-state index contributed by atoms with van der Waals surface area (Å²) in [6.07, 6.45) is 4.82. The Morgan fingerprint density at radius 1 is 1.41 bits per heavy atom. The predicted molar refractivity (Wildman–Crippen MR) is 73.2 cm³/mol. The Bertz CT molecular complexity index is 451. The highest BCUT2D eigenvalue weighted by atomic mass is 32.1. The second-order valence-corrected chi connectivity index (χ2v) is 4.96. The Hall–Kier alpha value is -1.19. The van der Waals surface area contributed by atoms with Crippen LogP contribution in [0.4, 0.5) is 0 Å². The van der Waals surface area contributed by atoms with Crippen LogP contribution in [0.3, 0.4) is 0 Å². The standard InChI is InChI=1S/C14H18N2S/c1-2-12-4-3-8-16-14(12)13(15)6-5-11-7-9-17-10-11/h3-4,7-10,13H,2,5-6,15H2,1H3. The summed E-state index contributed by atoms with van der Waals surface area (Å²) >= 11 is 1.74. The summed E-state index contributed by atoms with van der Waals surface area (Å²) < 4.78 is 0. The fourth-order valence-corrected chi connectivity index (χ4v) is 2.68. The summed E-state index contributed by atoms with van der Waals surface area (Å²) in [7, 11) is 0. The van der Waals surface area contributed by atoms with Crippen LogP contribution >= 0.6 is 11.3 Å². The third-order valence-electron chi connectivity index (χ3n) is 2.98. The molecule has 1 atom stereocenters. The van der Waals surface area contributed by atoms with Crippen molar-refractivity contribution in [3.63, 3.8) is 0 Å². The Kier molecular flexibility index (Phi) is 4.29. The number of aryl methyl sites for hydroxylation is 2. The number of pyridine rings is 1. The first-order valence-corrected chi connectivity index (χ1v) is 6.96. The maximum Gasteiger partial charge on any atom is 0.0602 e. The van der Waals surface area contributed by atoms with Crippen molar-refractivity contribution in [1.82, 2.24) is 4.98 Å². The molecule has 2 nitrogen and oxygen atoms in total. The predicted octanol–water partition coefficient (Wildman–Crippen LogP) is 3.34. The van der Waals surface area contributed by atoms with E-state index in [4.69, 9.17) is 5.73 Å². The highest BCUT2D eigenvalue weighted by molar-refractivity contribution is 7.07. The van der Waals surface area contributed by atoms with E-state index in [9.17, 15) is 0 Å². The van der Waals surface area contributed by atoms with E-state index in [-0.39, 0.29) is 6.04 Å². The van der Waals surface area contributed by atoms with Crippen LogP contribution in [0.2, 0.25) is 0 Å². The lowest BCUT2D eigenvalue weighted by atomic mass is 10.0. The van der Waals surface area contributed by atoms with E-state index >= 15 is 0 Å². The van der Waals surface area contributed by atoms with Gasteiger partial charge in [-0.05, 0) is 53.3 Å². The second kappa shape index (κ2) is 5.94. The molecule has 2 aromatic heterocycles. The van der Waals surface area contributed by atoms with Crippen LogP contribution in [0.5, 0.6) is 0 Å². The molecule has 0 radical (unpaired) electrons. The number of rotatable bonds is 5. The van der Waals surface area contributed by atoms with Crippen molar-refractivity contribution in [2.24, 2.45) is 5.73 Å². The SMILES string of the molecule is CCc1cccnc1C(N)CCc1ccsc1. The van der Waals surface area contributed by atoms with Gasteiger partial charge in [0, 0.05) is 12.2 Å². The van der Waals surface area contributed by atoms with Crippen LogP contribution in [0, 0.1) is 0 Å². The van der Waals surface area contributed by atoms with Crippen LogP contribution < -0.4 is 5.73 Å². The number of aromatic nitrogens is 1. The minimum absolute atomic E-state index is 0.0473. The molecule has 0 aliphatic heterocycles. The maximum absolute atomic E-state index is 6.23. The fraction of sp³-hybridized carbons (Fsp3) is 0.357. The molecule has 1 unspecified atom stereocenters. The molecule has 2 rings (SSSR count). The van der Waals surface area contributed by atoms with Gasteiger partial charge >= 0.3 is 0 Å². The summed E-state index contributed by atoms with van der Waals surface area (Å²) in [5, 5.41) is 4.30. The maximum atomic E-state index is 6.23. The van der Waals surface area contributed by atoms with Crippen LogP contribution in [0.25, 0.3) is 0 Å². The van der Waals surface area contributed by atoms with E-state index in [1.807, 2.05) is 12.3 Å². The number of thiophene rings is 1. The molecule has 2 heterocycles. The third-order valence-corrected chi connectivity index (χ3v) is 3.71. The van der Waals surface area contributed by atoms with Gasteiger partial charge in [0.05, 0.1) is 5.69 Å². The largest absolute Gasteiger partial charge is 0.323 e. The zero-order valence-electron chi connectivity index (χ0n) is 10.1. The van der Waals surface area contributed by atoms with Crippen molar-refractivity contribution < 1.29 is 0 Å². The summed E-state index contributed by atoms with van der Waals surface area (Å²) in [4.78, 5) is 4.43. The Balaban J connectivity index is 2.01. The molecule has 90 valence electrons. The zero-order chi connectivity index (χ0) is 12.1. The van der Waals surface area contributed by atoms with Gasteiger partial charge in [0.2, 0.25) is 0 Å². The van der Waals surface area contributed by atoms with Crippen LogP contribution in [0.1, 0.15) is 36.2 Å². The van der Waals surface area contributed by atoms with Gasteiger partial charge in [-0.15, -0.1) is 0 Å². The molecule has 0 fully saturated rings. The molecule has 0 saturated heterocycles. The fourth-order valence-electron chi connectivity index (χ4n) is 1.98. The quantitative estimate of drug-likeness (QED) is 0.878. The summed E-state index contributed by atoms with van der Waals surface area (Å²) in [6, 6.07) is 6.31. The van der Waals surface area contributed by atoms with Crippen LogP contribution in [-0.2, 0) is 12.8 Å². The normalized spacial score (nSPS) is 12.6. The molecular weight excluding hydrogens is 228 g/mol. The Labute approximate surface area is 107 Å². The molecule has 17 heavy (non-hydrogen) atoms. The van der Waals surface area contributed by atoms with Crippen LogP contribution in [0.15, 0.2) is 35.2 Å². The van der Waals surface area contributed by atoms with Gasteiger partial charge < -0.3 is 5.73 Å². The van der Waals surface area contributed by atoms with E-state index in [1.165, 1.54) is 11.1 Å². The first-order chi connectivity index (χ1) is 8.31. The lowest BCUT2D eigenvalue weighted by molar-refractivity contribution is 0.627. The second-order valence-electron chi connectivity index (χ2n) is 4.18. The minimum Gasteiger partial charge on any atom is -0.323 e. The van der Waals surface area contributed by atoms with Crippen molar-refractivity contribution in [3.05, 3.63) is 52.0 Å². The third kappa shape index (κ3) is 3.14. The highest BCUT2D eigenvalue weighted by Crippen LogP contribution is 2.19. The van der Waals surface area contributed by atoms with Gasteiger partial charge in [0.25, 0.3) is 0 Å². The lowest BCUT2D eigenvalue weighted by Gasteiger charge is -2.14. The molecule has 0 amide bonds. The monoisotopic (exact) mass is 246 g/mol. The molecule has 0 saturated carbocycles. The Morgan fingerprint density at radius 3 is 3.00 bits per heavy atom. The molecule has 2 N–H and O–H groups in total. The molecular formula is C14H18N2S. The lowest BCUT2D eigenvalue weighted by Crippen LogP contribution is -2.15. The summed E-state index contributed by atoms with van der Waals surface area (Å²) in [5.74, 6) is 0. The molecule has 0 aliphatic rings. The Morgan fingerprint density at radius 2 is 2.29 bits per heavy atom. The summed E-state index contributed by atoms with van der Waals surface area (Å²) in [5.41, 5.74) is 9.93. The van der Waals surface area contributed by atoms with Crippen molar-refractivity contribution in [2.45, 2.75) is 32.2 Å². The van der Waals surface area contributed by atoms with Crippen molar-refractivity contribution in [1.29, 1.82) is 0 Å². The molecule has 2 aromatic rings.